The number of halogens is 1. The molecule has 1 heterocycles. The lowest BCUT2D eigenvalue weighted by Crippen LogP contribution is -2.40. The Kier molecular flexibility index (Phi) is 13.6. The normalized spacial score (nSPS) is 13.2. The minimum Gasteiger partial charge on any atom is -0.394 e. The number of aliphatic hydroxyl groups is 1. The van der Waals surface area contributed by atoms with E-state index in [1.165, 1.54) is 4.90 Å². The van der Waals surface area contributed by atoms with Gasteiger partial charge in [-0.15, -0.1) is 0 Å². The minimum atomic E-state index is -0.223. The van der Waals surface area contributed by atoms with E-state index in [9.17, 15) is 9.59 Å². The maximum absolute atomic E-state index is 13.1. The van der Waals surface area contributed by atoms with Gasteiger partial charge in [0.05, 0.1) is 72.7 Å². The van der Waals surface area contributed by atoms with E-state index in [2.05, 4.69) is 15.9 Å². The first kappa shape index (κ1) is 30.6. The van der Waals surface area contributed by atoms with Crippen LogP contribution in [0, 0.1) is 0 Å². The summed E-state index contributed by atoms with van der Waals surface area (Å²) in [6.07, 6.45) is 2.35. The van der Waals surface area contributed by atoms with Crippen molar-refractivity contribution in [3.05, 3.63) is 45.4 Å². The molecule has 0 bridgehead atoms. The van der Waals surface area contributed by atoms with Gasteiger partial charge in [-0.1, -0.05) is 35.3 Å². The highest BCUT2D eigenvalue weighted by Gasteiger charge is 2.33. The lowest BCUT2D eigenvalue weighted by molar-refractivity contribution is -0.0130. The van der Waals surface area contributed by atoms with Crippen molar-refractivity contribution < 1.29 is 38.4 Å². The fourth-order valence-electron chi connectivity index (χ4n) is 4.22. The zero-order chi connectivity index (χ0) is 27.2. The zero-order valence-corrected chi connectivity index (χ0v) is 23.6. The van der Waals surface area contributed by atoms with E-state index in [0.29, 0.717) is 90.2 Å². The van der Waals surface area contributed by atoms with Crippen molar-refractivity contribution in [2.75, 3.05) is 79.2 Å². The summed E-state index contributed by atoms with van der Waals surface area (Å²) in [5, 5.41) is 10.2. The highest BCUT2D eigenvalue weighted by atomic mass is 79.9. The van der Waals surface area contributed by atoms with Crippen LogP contribution < -0.4 is 0 Å². The molecule has 9 nitrogen and oxygen atoms in total. The van der Waals surface area contributed by atoms with E-state index in [1.807, 2.05) is 25.1 Å². The minimum absolute atomic E-state index is 0.0164. The molecule has 0 radical (unpaired) electrons. The Hall–Kier alpha value is -1.92. The molecule has 1 N–H and O–H groups in total. The standard InChI is InChI=1S/C28H38BrNO8/c1-2-3-9-30-27(32)22-5-4-21(25-24(29)7-6-23(26(22)25)28(30)33)8-11-34-13-15-36-17-19-38-20-18-37-16-14-35-12-10-31/h4-7,31H,2-3,8-20H2,1H3. The Bertz CT molecular complexity index is 1020. The van der Waals surface area contributed by atoms with Crippen LogP contribution in [0.3, 0.4) is 0 Å². The van der Waals surface area contributed by atoms with Gasteiger partial charge in [0, 0.05) is 32.9 Å². The van der Waals surface area contributed by atoms with Crippen LogP contribution in [-0.4, -0.2) is 101 Å². The average Bonchev–Trinajstić information content (AvgIpc) is 2.92. The molecule has 0 spiro atoms. The van der Waals surface area contributed by atoms with Gasteiger partial charge in [0.2, 0.25) is 0 Å². The van der Waals surface area contributed by atoms with Gasteiger partial charge in [-0.05, 0) is 36.6 Å². The summed E-state index contributed by atoms with van der Waals surface area (Å²) >= 11 is 3.63. The predicted molar refractivity (Wildman–Crippen MR) is 147 cm³/mol. The first-order valence-corrected chi connectivity index (χ1v) is 14.0. The maximum Gasteiger partial charge on any atom is 0.261 e. The Balaban J connectivity index is 1.37. The number of hydrogen-bond acceptors (Lipinski definition) is 8. The number of amides is 2. The van der Waals surface area contributed by atoms with Crippen LogP contribution >= 0.6 is 15.9 Å². The Labute approximate surface area is 232 Å². The number of aliphatic hydroxyl groups excluding tert-OH is 1. The molecule has 38 heavy (non-hydrogen) atoms. The summed E-state index contributed by atoms with van der Waals surface area (Å²) < 4.78 is 28.0. The Morgan fingerprint density at radius 3 is 1.74 bits per heavy atom. The summed E-state index contributed by atoms with van der Waals surface area (Å²) in [7, 11) is 0. The molecule has 2 aromatic rings. The lowest BCUT2D eigenvalue weighted by Gasteiger charge is -2.28. The molecular formula is C28H38BrNO8. The molecule has 0 aliphatic carbocycles. The number of carbonyl (C=O) groups excluding carboxylic acids is 2. The molecule has 1 aliphatic heterocycles. The monoisotopic (exact) mass is 595 g/mol. The van der Waals surface area contributed by atoms with Crippen LogP contribution in [0.25, 0.3) is 10.8 Å². The molecule has 210 valence electrons. The average molecular weight is 597 g/mol. The van der Waals surface area contributed by atoms with Crippen molar-refractivity contribution in [3.8, 4) is 0 Å². The largest absolute Gasteiger partial charge is 0.394 e. The number of carbonyl (C=O) groups is 2. The number of hydrogen-bond donors (Lipinski definition) is 1. The lowest BCUT2D eigenvalue weighted by atomic mass is 9.90. The third-order valence-electron chi connectivity index (χ3n) is 6.12. The van der Waals surface area contributed by atoms with Crippen molar-refractivity contribution in [2.24, 2.45) is 0 Å². The molecule has 10 heteroatoms. The number of benzene rings is 2. The number of unbranched alkanes of at least 4 members (excludes halogenated alkanes) is 1. The number of ether oxygens (including phenoxy) is 5. The molecule has 1 aliphatic rings. The van der Waals surface area contributed by atoms with Crippen molar-refractivity contribution in [3.63, 3.8) is 0 Å². The molecule has 0 atom stereocenters. The summed E-state index contributed by atoms with van der Waals surface area (Å²) in [6, 6.07) is 7.47. The summed E-state index contributed by atoms with van der Waals surface area (Å²) in [5.74, 6) is -0.446. The van der Waals surface area contributed by atoms with Crippen molar-refractivity contribution in [1.82, 2.24) is 4.90 Å². The maximum atomic E-state index is 13.1. The van der Waals surface area contributed by atoms with Gasteiger partial charge in [-0.25, -0.2) is 0 Å². The van der Waals surface area contributed by atoms with Gasteiger partial charge in [-0.3, -0.25) is 14.5 Å². The van der Waals surface area contributed by atoms with E-state index in [-0.39, 0.29) is 18.4 Å². The molecule has 0 saturated carbocycles. The van der Waals surface area contributed by atoms with Crippen LogP contribution in [0.4, 0.5) is 0 Å². The van der Waals surface area contributed by atoms with Gasteiger partial charge in [-0.2, -0.15) is 0 Å². The van der Waals surface area contributed by atoms with Crippen LogP contribution in [0.2, 0.25) is 0 Å². The second-order valence-electron chi connectivity index (χ2n) is 8.77. The van der Waals surface area contributed by atoms with Crippen molar-refractivity contribution in [1.29, 1.82) is 0 Å². The second-order valence-corrected chi connectivity index (χ2v) is 9.62. The van der Waals surface area contributed by atoms with Crippen molar-refractivity contribution >= 4 is 38.5 Å². The summed E-state index contributed by atoms with van der Waals surface area (Å²) in [5.41, 5.74) is 2.17. The molecule has 0 saturated heterocycles. The Morgan fingerprint density at radius 1 is 0.711 bits per heavy atom. The topological polar surface area (TPSA) is 104 Å². The van der Waals surface area contributed by atoms with Crippen LogP contribution in [0.15, 0.2) is 28.7 Å². The third-order valence-corrected chi connectivity index (χ3v) is 6.78. The molecule has 0 unspecified atom stereocenters. The smallest absolute Gasteiger partial charge is 0.261 e. The first-order chi connectivity index (χ1) is 18.6. The molecule has 3 rings (SSSR count). The molecular weight excluding hydrogens is 558 g/mol. The van der Waals surface area contributed by atoms with Crippen LogP contribution in [0.5, 0.6) is 0 Å². The van der Waals surface area contributed by atoms with Gasteiger partial charge in [0.15, 0.2) is 0 Å². The molecule has 2 aromatic carbocycles. The third kappa shape index (κ3) is 8.54. The second kappa shape index (κ2) is 16.9. The van der Waals surface area contributed by atoms with E-state index >= 15 is 0 Å². The van der Waals surface area contributed by atoms with E-state index < -0.39 is 0 Å². The summed E-state index contributed by atoms with van der Waals surface area (Å²) in [6.45, 7) is 7.10. The van der Waals surface area contributed by atoms with E-state index in [0.717, 1.165) is 33.7 Å². The van der Waals surface area contributed by atoms with E-state index in [4.69, 9.17) is 28.8 Å². The molecule has 0 aromatic heterocycles. The Morgan fingerprint density at radius 2 is 1.21 bits per heavy atom. The molecule has 2 amide bonds. The predicted octanol–water partition coefficient (Wildman–Crippen LogP) is 3.62. The highest BCUT2D eigenvalue weighted by Crippen LogP contribution is 2.37. The highest BCUT2D eigenvalue weighted by molar-refractivity contribution is 9.10. The van der Waals surface area contributed by atoms with Crippen LogP contribution in [-0.2, 0) is 30.1 Å². The zero-order valence-electron chi connectivity index (χ0n) is 22.0. The van der Waals surface area contributed by atoms with Gasteiger partial charge in [0.25, 0.3) is 11.8 Å². The van der Waals surface area contributed by atoms with Crippen LogP contribution in [0.1, 0.15) is 46.0 Å². The van der Waals surface area contributed by atoms with Gasteiger partial charge in [0.1, 0.15) is 0 Å². The fourth-order valence-corrected chi connectivity index (χ4v) is 4.80. The number of nitrogens with zero attached hydrogens (tertiary/aromatic N) is 1. The fraction of sp³-hybridized carbons (Fsp3) is 0.571. The number of rotatable bonds is 20. The number of imide groups is 1. The van der Waals surface area contributed by atoms with E-state index in [1.54, 1.807) is 6.07 Å². The first-order valence-electron chi connectivity index (χ1n) is 13.2. The SMILES string of the molecule is CCCCN1C(=O)c2ccc(Br)c3c(CCOCCOCCOCCOCCOCCO)ccc(c23)C1=O. The molecule has 0 fully saturated rings. The van der Waals surface area contributed by atoms with Gasteiger partial charge < -0.3 is 28.8 Å². The van der Waals surface area contributed by atoms with Gasteiger partial charge >= 0.3 is 0 Å². The van der Waals surface area contributed by atoms with Crippen molar-refractivity contribution in [2.45, 2.75) is 26.2 Å². The quantitative estimate of drug-likeness (QED) is 0.183. The summed E-state index contributed by atoms with van der Waals surface area (Å²) in [4.78, 5) is 27.5.